The molecule has 6 heteroatoms. The second kappa shape index (κ2) is 5.72. The van der Waals surface area contributed by atoms with Crippen molar-refractivity contribution >= 4 is 32.3 Å². The fourth-order valence-corrected chi connectivity index (χ4v) is 6.18. The third-order valence-electron chi connectivity index (χ3n) is 4.68. The van der Waals surface area contributed by atoms with Crippen LogP contribution in [0.15, 0.2) is 34.5 Å². The zero-order valence-corrected chi connectivity index (χ0v) is 15.4. The van der Waals surface area contributed by atoms with Gasteiger partial charge >= 0.3 is 0 Å². The molecule has 0 atom stereocenters. The van der Waals surface area contributed by atoms with Crippen LogP contribution in [-0.4, -0.2) is 24.3 Å². The van der Waals surface area contributed by atoms with Crippen molar-refractivity contribution in [1.29, 1.82) is 0 Å². The van der Waals surface area contributed by atoms with Gasteiger partial charge in [-0.1, -0.05) is 18.6 Å². The van der Waals surface area contributed by atoms with Gasteiger partial charge in [-0.3, -0.25) is 0 Å². The van der Waals surface area contributed by atoms with Crippen LogP contribution in [0.1, 0.15) is 28.6 Å². The first-order valence-corrected chi connectivity index (χ1v) is 10.4. The SMILES string of the molecule is CCc1ccc(S(=O)(=O)N2CCc3[nH]c4ccc(C)cc4c3C2)s1. The van der Waals surface area contributed by atoms with Crippen LogP contribution in [0.4, 0.5) is 0 Å². The first kappa shape index (κ1) is 15.9. The lowest BCUT2D eigenvalue weighted by molar-refractivity contribution is 0.392. The molecule has 0 amide bonds. The van der Waals surface area contributed by atoms with E-state index in [0.717, 1.165) is 34.2 Å². The van der Waals surface area contributed by atoms with Crippen molar-refractivity contribution in [3.8, 4) is 0 Å². The van der Waals surface area contributed by atoms with Gasteiger partial charge in [0.05, 0.1) is 0 Å². The Balaban J connectivity index is 1.73. The van der Waals surface area contributed by atoms with Gasteiger partial charge in [0.15, 0.2) is 0 Å². The number of nitrogens with one attached hydrogen (secondary N) is 1. The number of aromatic nitrogens is 1. The molecule has 4 nitrogen and oxygen atoms in total. The first-order chi connectivity index (χ1) is 11.5. The largest absolute Gasteiger partial charge is 0.358 e. The highest BCUT2D eigenvalue weighted by Gasteiger charge is 2.31. The van der Waals surface area contributed by atoms with E-state index in [-0.39, 0.29) is 0 Å². The van der Waals surface area contributed by atoms with Crippen molar-refractivity contribution in [2.24, 2.45) is 0 Å². The van der Waals surface area contributed by atoms with Crippen molar-refractivity contribution in [1.82, 2.24) is 9.29 Å². The molecule has 1 aromatic carbocycles. The van der Waals surface area contributed by atoms with Crippen molar-refractivity contribution in [2.75, 3.05) is 6.54 Å². The van der Waals surface area contributed by atoms with Crippen LogP contribution in [-0.2, 0) is 29.4 Å². The van der Waals surface area contributed by atoms with Gasteiger partial charge in [0.2, 0.25) is 0 Å². The Morgan fingerprint density at radius 1 is 1.25 bits per heavy atom. The molecule has 0 unspecified atom stereocenters. The predicted octanol–water partition coefficient (Wildman–Crippen LogP) is 3.85. The molecule has 0 spiro atoms. The lowest BCUT2D eigenvalue weighted by atomic mass is 10.0. The zero-order valence-electron chi connectivity index (χ0n) is 13.8. The van der Waals surface area contributed by atoms with Crippen LogP contribution < -0.4 is 0 Å². The number of rotatable bonds is 3. The molecule has 0 bridgehead atoms. The highest BCUT2D eigenvalue weighted by atomic mass is 32.2. The van der Waals surface area contributed by atoms with Gasteiger partial charge in [-0.05, 0) is 43.2 Å². The fourth-order valence-electron chi connectivity index (χ4n) is 3.32. The summed E-state index contributed by atoms with van der Waals surface area (Å²) in [6.45, 7) is 5.08. The lowest BCUT2D eigenvalue weighted by Crippen LogP contribution is -2.35. The van der Waals surface area contributed by atoms with Gasteiger partial charge in [-0.15, -0.1) is 11.3 Å². The van der Waals surface area contributed by atoms with Crippen LogP contribution in [0, 0.1) is 6.92 Å². The molecular weight excluding hydrogens is 340 g/mol. The smallest absolute Gasteiger partial charge is 0.252 e. The maximum atomic E-state index is 13.0. The molecule has 2 aromatic heterocycles. The van der Waals surface area contributed by atoms with Crippen molar-refractivity contribution < 1.29 is 8.42 Å². The molecule has 0 saturated carbocycles. The summed E-state index contributed by atoms with van der Waals surface area (Å²) < 4.78 is 28.0. The van der Waals surface area contributed by atoms with Crippen LogP contribution in [0.2, 0.25) is 0 Å². The normalized spacial score (nSPS) is 15.8. The number of hydrogen-bond acceptors (Lipinski definition) is 3. The minimum Gasteiger partial charge on any atom is -0.358 e. The number of nitrogens with zero attached hydrogens (tertiary/aromatic N) is 1. The molecule has 3 heterocycles. The summed E-state index contributed by atoms with van der Waals surface area (Å²) in [5.41, 5.74) is 4.57. The Kier molecular flexibility index (Phi) is 3.78. The molecule has 0 radical (unpaired) electrons. The monoisotopic (exact) mass is 360 g/mol. The molecule has 1 N–H and O–H groups in total. The van der Waals surface area contributed by atoms with E-state index < -0.39 is 10.0 Å². The molecule has 24 heavy (non-hydrogen) atoms. The second-order valence-corrected chi connectivity index (χ2v) is 9.63. The van der Waals surface area contributed by atoms with E-state index in [1.165, 1.54) is 22.6 Å². The van der Waals surface area contributed by atoms with Gasteiger partial charge in [-0.2, -0.15) is 4.31 Å². The number of H-pyrrole nitrogens is 1. The van der Waals surface area contributed by atoms with Crippen molar-refractivity contribution in [2.45, 2.75) is 37.4 Å². The van der Waals surface area contributed by atoms with Gasteiger partial charge < -0.3 is 4.98 Å². The molecule has 126 valence electrons. The van der Waals surface area contributed by atoms with Crippen LogP contribution in [0.5, 0.6) is 0 Å². The Morgan fingerprint density at radius 2 is 2.08 bits per heavy atom. The highest BCUT2D eigenvalue weighted by molar-refractivity contribution is 7.91. The quantitative estimate of drug-likeness (QED) is 0.771. The Labute approximate surface area is 146 Å². The van der Waals surface area contributed by atoms with E-state index in [0.29, 0.717) is 17.3 Å². The molecule has 0 saturated heterocycles. The third-order valence-corrected chi connectivity index (χ3v) is 8.22. The molecule has 3 aromatic rings. The van der Waals surface area contributed by atoms with Crippen molar-refractivity contribution in [3.05, 3.63) is 52.0 Å². The zero-order chi connectivity index (χ0) is 16.9. The molecule has 1 aliphatic heterocycles. The lowest BCUT2D eigenvalue weighted by Gasteiger charge is -2.26. The maximum Gasteiger partial charge on any atom is 0.252 e. The highest BCUT2D eigenvalue weighted by Crippen LogP contribution is 2.32. The van der Waals surface area contributed by atoms with E-state index in [1.807, 2.05) is 13.0 Å². The third kappa shape index (κ3) is 2.49. The molecule has 0 fully saturated rings. The van der Waals surface area contributed by atoms with Crippen molar-refractivity contribution in [3.63, 3.8) is 0 Å². The van der Waals surface area contributed by atoms with E-state index in [9.17, 15) is 8.42 Å². The van der Waals surface area contributed by atoms with Gasteiger partial charge in [-0.25, -0.2) is 8.42 Å². The summed E-state index contributed by atoms with van der Waals surface area (Å²) >= 11 is 1.39. The predicted molar refractivity (Wildman–Crippen MR) is 98.0 cm³/mol. The van der Waals surface area contributed by atoms with Crippen LogP contribution in [0.25, 0.3) is 10.9 Å². The minimum absolute atomic E-state index is 0.445. The molecule has 1 aliphatic rings. The number of sulfonamides is 1. The summed E-state index contributed by atoms with van der Waals surface area (Å²) in [6, 6.07) is 9.96. The standard InChI is InChI=1S/C18H20N2O2S2/c1-3-13-5-7-18(23-13)24(21,22)20-9-8-17-15(11-20)14-10-12(2)4-6-16(14)19-17/h4-7,10,19H,3,8-9,11H2,1-2H3. The summed E-state index contributed by atoms with van der Waals surface area (Å²) in [4.78, 5) is 4.55. The average molecular weight is 361 g/mol. The van der Waals surface area contributed by atoms with Gasteiger partial charge in [0, 0.05) is 41.0 Å². The number of aromatic amines is 1. The van der Waals surface area contributed by atoms with E-state index in [1.54, 1.807) is 10.4 Å². The van der Waals surface area contributed by atoms with E-state index in [2.05, 4.69) is 30.1 Å². The fraction of sp³-hybridized carbons (Fsp3) is 0.333. The van der Waals surface area contributed by atoms with Crippen LogP contribution in [0.3, 0.4) is 0 Å². The Hall–Kier alpha value is -1.63. The number of benzene rings is 1. The summed E-state index contributed by atoms with van der Waals surface area (Å²) in [5, 5.41) is 1.14. The van der Waals surface area contributed by atoms with Gasteiger partial charge in [0.25, 0.3) is 10.0 Å². The number of hydrogen-bond donors (Lipinski definition) is 1. The summed E-state index contributed by atoms with van der Waals surface area (Å²) in [5.74, 6) is 0. The Bertz CT molecular complexity index is 1010. The maximum absolute atomic E-state index is 13.0. The number of fused-ring (bicyclic) bond motifs is 3. The topological polar surface area (TPSA) is 53.2 Å². The Morgan fingerprint density at radius 3 is 2.83 bits per heavy atom. The molecule has 0 aliphatic carbocycles. The average Bonchev–Trinajstić information content (AvgIpc) is 3.18. The second-order valence-electron chi connectivity index (χ2n) is 6.29. The summed E-state index contributed by atoms with van der Waals surface area (Å²) in [6.07, 6.45) is 1.60. The number of aryl methyl sites for hydroxylation is 2. The van der Waals surface area contributed by atoms with E-state index in [4.69, 9.17) is 0 Å². The molecule has 4 rings (SSSR count). The minimum atomic E-state index is -3.41. The molecular formula is C18H20N2O2S2. The summed E-state index contributed by atoms with van der Waals surface area (Å²) in [7, 11) is -3.41. The number of thiophene rings is 1. The van der Waals surface area contributed by atoms with E-state index >= 15 is 0 Å². The van der Waals surface area contributed by atoms with Gasteiger partial charge in [0.1, 0.15) is 4.21 Å². The first-order valence-electron chi connectivity index (χ1n) is 8.18. The van der Waals surface area contributed by atoms with Crippen LogP contribution >= 0.6 is 11.3 Å².